The van der Waals surface area contributed by atoms with E-state index in [1.807, 2.05) is 18.2 Å². The number of nitrogens with one attached hydrogen (secondary N) is 1. The Kier molecular flexibility index (Phi) is 7.74. The topological polar surface area (TPSA) is 61.4 Å². The zero-order valence-corrected chi connectivity index (χ0v) is 19.6. The van der Waals surface area contributed by atoms with Gasteiger partial charge in [-0.25, -0.2) is 0 Å². The van der Waals surface area contributed by atoms with Gasteiger partial charge < -0.3 is 15.1 Å². The van der Waals surface area contributed by atoms with Gasteiger partial charge >= 0.3 is 0 Å². The van der Waals surface area contributed by atoms with Gasteiger partial charge in [0.05, 0.1) is 11.6 Å². The van der Waals surface area contributed by atoms with Crippen molar-refractivity contribution in [1.29, 1.82) is 0 Å². The summed E-state index contributed by atoms with van der Waals surface area (Å²) in [7, 11) is 0. The van der Waals surface area contributed by atoms with Crippen LogP contribution >= 0.6 is 0 Å². The van der Waals surface area contributed by atoms with Crippen LogP contribution < -0.4 is 10.2 Å². The maximum Gasteiger partial charge on any atom is 0.224 e. The molecule has 0 spiro atoms. The lowest BCUT2D eigenvalue weighted by Gasteiger charge is -2.33. The van der Waals surface area contributed by atoms with Gasteiger partial charge in [0, 0.05) is 25.2 Å². The van der Waals surface area contributed by atoms with Crippen LogP contribution in [0.1, 0.15) is 44.6 Å². The molecule has 172 valence electrons. The summed E-state index contributed by atoms with van der Waals surface area (Å²) in [6.45, 7) is 10.3. The maximum absolute atomic E-state index is 12.8. The van der Waals surface area contributed by atoms with Crippen molar-refractivity contribution in [2.75, 3.05) is 44.2 Å². The predicted molar refractivity (Wildman–Crippen MR) is 130 cm³/mol. The molecule has 2 aromatic rings. The molecule has 2 aliphatic heterocycles. The van der Waals surface area contributed by atoms with E-state index >= 15 is 0 Å². The van der Waals surface area contributed by atoms with Gasteiger partial charge in [-0.2, -0.15) is 0 Å². The van der Waals surface area contributed by atoms with Gasteiger partial charge in [0.15, 0.2) is 5.82 Å². The number of likely N-dealkylation sites (tertiary alicyclic amines) is 1. The Bertz CT molecular complexity index is 876. The third-order valence-electron chi connectivity index (χ3n) is 6.91. The number of carbonyl (C=O) groups is 1. The Morgan fingerprint density at radius 3 is 2.69 bits per heavy atom. The zero-order valence-electron chi connectivity index (χ0n) is 19.6. The molecular weight excluding hydrogens is 398 g/mol. The number of hydrogen-bond donors (Lipinski definition) is 1. The number of aryl methyl sites for hydroxylation is 1. The van der Waals surface area contributed by atoms with Crippen LogP contribution in [-0.4, -0.2) is 60.3 Å². The van der Waals surface area contributed by atoms with Crippen LogP contribution in [0.3, 0.4) is 0 Å². The summed E-state index contributed by atoms with van der Waals surface area (Å²) in [5.74, 6) is 1.94. The van der Waals surface area contributed by atoms with Crippen molar-refractivity contribution in [2.24, 2.45) is 11.8 Å². The van der Waals surface area contributed by atoms with Gasteiger partial charge in [0.2, 0.25) is 5.91 Å². The van der Waals surface area contributed by atoms with Gasteiger partial charge in [0.1, 0.15) is 0 Å². The van der Waals surface area contributed by atoms with Gasteiger partial charge in [-0.3, -0.25) is 4.79 Å². The molecule has 0 saturated carbocycles. The third kappa shape index (κ3) is 6.06. The molecule has 6 heteroatoms. The zero-order chi connectivity index (χ0) is 22.3. The second-order valence-electron chi connectivity index (χ2n) is 9.60. The van der Waals surface area contributed by atoms with Crippen LogP contribution in [0.4, 0.5) is 5.82 Å². The summed E-state index contributed by atoms with van der Waals surface area (Å²) in [4.78, 5) is 17.5. The van der Waals surface area contributed by atoms with Gasteiger partial charge in [-0.1, -0.05) is 30.7 Å². The number of nitrogens with zero attached hydrogens (tertiary/aromatic N) is 4. The van der Waals surface area contributed by atoms with E-state index in [1.165, 1.54) is 31.5 Å². The highest BCUT2D eigenvalue weighted by Gasteiger charge is 2.26. The summed E-state index contributed by atoms with van der Waals surface area (Å²) >= 11 is 0. The summed E-state index contributed by atoms with van der Waals surface area (Å²) in [6.07, 6.45) is 5.59. The number of piperidine rings is 2. The van der Waals surface area contributed by atoms with E-state index < -0.39 is 0 Å². The molecule has 1 N–H and O–H groups in total. The summed E-state index contributed by atoms with van der Waals surface area (Å²) in [5.41, 5.74) is 3.18. The number of amides is 1. The molecule has 6 nitrogen and oxygen atoms in total. The standard InChI is InChI=1S/C26H37N5O/c1-20-11-16-30(17-12-20)14-5-13-27-26(32)23-8-4-15-31(19-23)25-10-9-24(28-29-25)22-7-3-6-21(2)18-22/h3,6-7,9-10,18,20,23H,4-5,8,11-17,19H2,1-2H3,(H,27,32). The van der Waals surface area contributed by atoms with Gasteiger partial charge in [-0.05, 0) is 82.8 Å². The van der Waals surface area contributed by atoms with E-state index in [2.05, 4.69) is 57.4 Å². The molecule has 2 aliphatic rings. The van der Waals surface area contributed by atoms with Gasteiger partial charge in [-0.15, -0.1) is 10.2 Å². The molecule has 2 saturated heterocycles. The van der Waals surface area contributed by atoms with Crippen molar-refractivity contribution in [3.8, 4) is 11.3 Å². The van der Waals surface area contributed by atoms with Crippen LogP contribution in [0.25, 0.3) is 11.3 Å². The minimum absolute atomic E-state index is 0.0258. The monoisotopic (exact) mass is 435 g/mol. The van der Waals surface area contributed by atoms with E-state index in [1.54, 1.807) is 0 Å². The van der Waals surface area contributed by atoms with Crippen molar-refractivity contribution >= 4 is 11.7 Å². The number of aromatic nitrogens is 2. The lowest BCUT2D eigenvalue weighted by Crippen LogP contribution is -2.44. The molecule has 3 heterocycles. The average molecular weight is 436 g/mol. The Hall–Kier alpha value is -2.47. The van der Waals surface area contributed by atoms with E-state index in [9.17, 15) is 4.79 Å². The summed E-state index contributed by atoms with van der Waals surface area (Å²) < 4.78 is 0. The first-order chi connectivity index (χ1) is 15.6. The molecule has 0 bridgehead atoms. The number of benzene rings is 1. The largest absolute Gasteiger partial charge is 0.356 e. The minimum atomic E-state index is 0.0258. The molecule has 1 aromatic carbocycles. The molecular formula is C26H37N5O. The maximum atomic E-state index is 12.8. The number of rotatable bonds is 7. The second-order valence-corrected chi connectivity index (χ2v) is 9.60. The first-order valence-corrected chi connectivity index (χ1v) is 12.2. The molecule has 0 radical (unpaired) electrons. The molecule has 0 aliphatic carbocycles. The number of hydrogen-bond acceptors (Lipinski definition) is 5. The van der Waals surface area contributed by atoms with Crippen LogP contribution in [0.5, 0.6) is 0 Å². The second kappa shape index (κ2) is 10.9. The highest BCUT2D eigenvalue weighted by molar-refractivity contribution is 5.79. The lowest BCUT2D eigenvalue weighted by atomic mass is 9.97. The van der Waals surface area contributed by atoms with Crippen LogP contribution in [-0.2, 0) is 4.79 Å². The highest BCUT2D eigenvalue weighted by atomic mass is 16.1. The smallest absolute Gasteiger partial charge is 0.224 e. The quantitative estimate of drug-likeness (QED) is 0.668. The molecule has 1 unspecified atom stereocenters. The van der Waals surface area contributed by atoms with Crippen LogP contribution in [0, 0.1) is 18.8 Å². The van der Waals surface area contributed by atoms with Crippen molar-refractivity contribution in [3.63, 3.8) is 0 Å². The first-order valence-electron chi connectivity index (χ1n) is 12.2. The van der Waals surface area contributed by atoms with E-state index in [4.69, 9.17) is 0 Å². The lowest BCUT2D eigenvalue weighted by molar-refractivity contribution is -0.125. The van der Waals surface area contributed by atoms with E-state index in [0.29, 0.717) is 6.54 Å². The average Bonchev–Trinajstić information content (AvgIpc) is 2.83. The Morgan fingerprint density at radius 1 is 1.09 bits per heavy atom. The first kappa shape index (κ1) is 22.7. The molecule has 2 fully saturated rings. The van der Waals surface area contributed by atoms with Crippen molar-refractivity contribution < 1.29 is 4.79 Å². The van der Waals surface area contributed by atoms with Gasteiger partial charge in [0.25, 0.3) is 0 Å². The Balaban J connectivity index is 1.24. The Morgan fingerprint density at radius 2 is 1.94 bits per heavy atom. The molecule has 4 rings (SSSR count). The predicted octanol–water partition coefficient (Wildman–Crippen LogP) is 3.91. The highest BCUT2D eigenvalue weighted by Crippen LogP contribution is 2.24. The fourth-order valence-corrected chi connectivity index (χ4v) is 4.80. The van der Waals surface area contributed by atoms with E-state index in [0.717, 1.165) is 61.9 Å². The van der Waals surface area contributed by atoms with E-state index in [-0.39, 0.29) is 11.8 Å². The fourth-order valence-electron chi connectivity index (χ4n) is 4.80. The summed E-state index contributed by atoms with van der Waals surface area (Å²) in [6, 6.07) is 12.4. The molecule has 1 atom stereocenters. The number of anilines is 1. The Labute approximate surface area is 192 Å². The normalized spacial score (nSPS) is 20.3. The fraction of sp³-hybridized carbons (Fsp3) is 0.577. The van der Waals surface area contributed by atoms with Crippen LogP contribution in [0.2, 0.25) is 0 Å². The van der Waals surface area contributed by atoms with Crippen molar-refractivity contribution in [2.45, 2.75) is 46.0 Å². The van der Waals surface area contributed by atoms with Crippen molar-refractivity contribution in [3.05, 3.63) is 42.0 Å². The summed E-state index contributed by atoms with van der Waals surface area (Å²) in [5, 5.41) is 12.1. The van der Waals surface area contributed by atoms with Crippen LogP contribution in [0.15, 0.2) is 36.4 Å². The minimum Gasteiger partial charge on any atom is -0.356 e. The molecule has 1 amide bonds. The molecule has 32 heavy (non-hydrogen) atoms. The third-order valence-corrected chi connectivity index (χ3v) is 6.91. The number of carbonyl (C=O) groups excluding carboxylic acids is 1. The van der Waals surface area contributed by atoms with Crippen molar-refractivity contribution in [1.82, 2.24) is 20.4 Å². The molecule has 1 aromatic heterocycles. The SMILES string of the molecule is Cc1cccc(-c2ccc(N3CCCC(C(=O)NCCCN4CCC(C)CC4)C3)nn2)c1.